The molecular weight excluding hydrogens is 131 g/mol. The van der Waals surface area contributed by atoms with E-state index in [2.05, 4.69) is 13.8 Å². The molecule has 58 valence electrons. The summed E-state index contributed by atoms with van der Waals surface area (Å²) in [6.07, 6.45) is 1.05. The van der Waals surface area contributed by atoms with Gasteiger partial charge in [-0.3, -0.25) is 0 Å². The summed E-state index contributed by atoms with van der Waals surface area (Å²) in [7, 11) is -0.983. The van der Waals surface area contributed by atoms with Gasteiger partial charge in [-0.2, -0.15) is 0 Å². The maximum atomic E-state index is 8.77. The monoisotopic (exact) mass is 144 g/mol. The maximum absolute atomic E-state index is 8.77. The van der Waals surface area contributed by atoms with Crippen molar-refractivity contribution in [3.63, 3.8) is 0 Å². The molecule has 1 unspecified atom stereocenters. The van der Waals surface area contributed by atoms with Crippen molar-refractivity contribution in [2.24, 2.45) is 5.92 Å². The van der Waals surface area contributed by atoms with Gasteiger partial charge in [0, 0.05) is 0 Å². The molecule has 1 saturated heterocycles. The molecule has 10 heavy (non-hydrogen) atoms. The molecule has 0 radical (unpaired) electrons. The zero-order valence-corrected chi connectivity index (χ0v) is 6.41. The highest BCUT2D eigenvalue weighted by Gasteiger charge is 2.30. The predicted molar refractivity (Wildman–Crippen MR) is 38.3 cm³/mol. The van der Waals surface area contributed by atoms with Gasteiger partial charge in [-0.15, -0.1) is 0 Å². The fourth-order valence-corrected chi connectivity index (χ4v) is 1.08. The van der Waals surface area contributed by atoms with Crippen molar-refractivity contribution in [1.29, 1.82) is 0 Å². The number of hydrogen-bond acceptors (Lipinski definition) is 3. The highest BCUT2D eigenvalue weighted by molar-refractivity contribution is 6.35. The first-order chi connectivity index (χ1) is 4.68. The van der Waals surface area contributed by atoms with E-state index in [0.717, 1.165) is 6.42 Å². The second-order valence-electron chi connectivity index (χ2n) is 3.03. The van der Waals surface area contributed by atoms with Crippen molar-refractivity contribution in [3.8, 4) is 0 Å². The van der Waals surface area contributed by atoms with Gasteiger partial charge in [-0.1, -0.05) is 13.8 Å². The molecule has 1 rings (SSSR count). The van der Waals surface area contributed by atoms with E-state index in [4.69, 9.17) is 14.3 Å². The molecule has 0 saturated carbocycles. The fraction of sp³-hybridized carbons (Fsp3) is 1.00. The van der Waals surface area contributed by atoms with Crippen LogP contribution in [0, 0.1) is 5.92 Å². The van der Waals surface area contributed by atoms with Gasteiger partial charge >= 0.3 is 7.32 Å². The Hall–Kier alpha value is -0.0551. The molecule has 0 aromatic heterocycles. The van der Waals surface area contributed by atoms with Gasteiger partial charge in [-0.05, 0) is 12.3 Å². The molecule has 1 N–H and O–H groups in total. The molecule has 1 atom stereocenters. The van der Waals surface area contributed by atoms with Crippen molar-refractivity contribution >= 4 is 7.32 Å². The Bertz CT molecular complexity index is 107. The number of hydrogen-bond donors (Lipinski definition) is 1. The minimum absolute atomic E-state index is 0.0926. The Morgan fingerprint density at radius 2 is 2.40 bits per heavy atom. The topological polar surface area (TPSA) is 38.7 Å². The minimum Gasteiger partial charge on any atom is -0.402 e. The van der Waals surface area contributed by atoms with E-state index in [0.29, 0.717) is 12.5 Å². The molecule has 1 aliphatic rings. The highest BCUT2D eigenvalue weighted by atomic mass is 16.7. The van der Waals surface area contributed by atoms with Gasteiger partial charge in [0.2, 0.25) is 0 Å². The van der Waals surface area contributed by atoms with Crippen LogP contribution in [0.25, 0.3) is 0 Å². The summed E-state index contributed by atoms with van der Waals surface area (Å²) >= 11 is 0. The molecule has 0 aromatic carbocycles. The minimum atomic E-state index is -0.983. The van der Waals surface area contributed by atoms with Crippen LogP contribution >= 0.6 is 0 Å². The van der Waals surface area contributed by atoms with Gasteiger partial charge in [0.05, 0.1) is 12.7 Å². The van der Waals surface area contributed by atoms with Gasteiger partial charge < -0.3 is 14.3 Å². The van der Waals surface area contributed by atoms with Crippen LogP contribution in [0.2, 0.25) is 0 Å². The first-order valence-corrected chi connectivity index (χ1v) is 3.63. The van der Waals surface area contributed by atoms with E-state index in [1.54, 1.807) is 0 Å². The number of rotatable bonds is 2. The van der Waals surface area contributed by atoms with Crippen molar-refractivity contribution in [1.82, 2.24) is 0 Å². The van der Waals surface area contributed by atoms with E-state index < -0.39 is 7.32 Å². The van der Waals surface area contributed by atoms with Crippen LogP contribution in [0.1, 0.15) is 20.3 Å². The van der Waals surface area contributed by atoms with Crippen LogP contribution in [0.5, 0.6) is 0 Å². The van der Waals surface area contributed by atoms with E-state index in [9.17, 15) is 0 Å². The van der Waals surface area contributed by atoms with E-state index in [1.165, 1.54) is 0 Å². The second kappa shape index (κ2) is 3.37. The van der Waals surface area contributed by atoms with Crippen LogP contribution in [0.4, 0.5) is 0 Å². The lowest BCUT2D eigenvalue weighted by molar-refractivity contribution is 0.184. The molecule has 0 amide bonds. The van der Waals surface area contributed by atoms with Crippen molar-refractivity contribution in [2.75, 3.05) is 6.61 Å². The van der Waals surface area contributed by atoms with Crippen molar-refractivity contribution in [2.45, 2.75) is 26.4 Å². The second-order valence-corrected chi connectivity index (χ2v) is 3.03. The normalized spacial score (nSPS) is 26.4. The molecule has 0 aromatic rings. The third-order valence-electron chi connectivity index (χ3n) is 1.47. The van der Waals surface area contributed by atoms with E-state index in [1.807, 2.05) is 0 Å². The van der Waals surface area contributed by atoms with Crippen LogP contribution in [-0.2, 0) is 9.31 Å². The Morgan fingerprint density at radius 3 is 2.80 bits per heavy atom. The smallest absolute Gasteiger partial charge is 0.402 e. The summed E-state index contributed by atoms with van der Waals surface area (Å²) in [5.74, 6) is 0.596. The summed E-state index contributed by atoms with van der Waals surface area (Å²) in [5.41, 5.74) is 0. The zero-order chi connectivity index (χ0) is 7.56. The van der Waals surface area contributed by atoms with Gasteiger partial charge in [0.1, 0.15) is 0 Å². The van der Waals surface area contributed by atoms with Gasteiger partial charge in [-0.25, -0.2) is 0 Å². The molecule has 1 heterocycles. The first kappa shape index (κ1) is 8.05. The molecule has 0 spiro atoms. The quantitative estimate of drug-likeness (QED) is 0.571. The van der Waals surface area contributed by atoms with Crippen LogP contribution in [-0.4, -0.2) is 25.1 Å². The molecular formula is C6H13BO3. The lowest BCUT2D eigenvalue weighted by Gasteiger charge is -2.09. The first-order valence-electron chi connectivity index (χ1n) is 3.63. The zero-order valence-electron chi connectivity index (χ0n) is 6.41. The Kier molecular flexibility index (Phi) is 2.71. The molecule has 1 aliphatic heterocycles. The average Bonchev–Trinajstić information content (AvgIpc) is 2.13. The summed E-state index contributed by atoms with van der Waals surface area (Å²) in [5, 5.41) is 8.77. The Balaban J connectivity index is 2.18. The molecule has 1 fully saturated rings. The molecule has 3 nitrogen and oxygen atoms in total. The van der Waals surface area contributed by atoms with Crippen LogP contribution in [0.3, 0.4) is 0 Å². The van der Waals surface area contributed by atoms with E-state index in [-0.39, 0.29) is 6.10 Å². The van der Waals surface area contributed by atoms with Crippen LogP contribution in [0.15, 0.2) is 0 Å². The largest absolute Gasteiger partial charge is 0.637 e. The molecule has 0 bridgehead atoms. The summed E-state index contributed by atoms with van der Waals surface area (Å²) in [6, 6.07) is 0. The standard InChI is InChI=1S/C6H13BO3/c1-5(2)3-6-4-9-7(8)10-6/h5-6,8H,3-4H2,1-2H3. The Morgan fingerprint density at radius 1 is 1.70 bits per heavy atom. The van der Waals surface area contributed by atoms with Gasteiger partial charge in [0.25, 0.3) is 0 Å². The molecule has 4 heteroatoms. The van der Waals surface area contributed by atoms with Crippen molar-refractivity contribution in [3.05, 3.63) is 0 Å². The SMILES string of the molecule is CC(C)CC1COB(O)O1. The highest BCUT2D eigenvalue weighted by Crippen LogP contribution is 2.14. The third-order valence-corrected chi connectivity index (χ3v) is 1.47. The fourth-order valence-electron chi connectivity index (χ4n) is 1.08. The summed E-state index contributed by atoms with van der Waals surface area (Å²) in [6.45, 7) is 4.77. The average molecular weight is 144 g/mol. The summed E-state index contributed by atoms with van der Waals surface area (Å²) < 4.78 is 9.81. The third kappa shape index (κ3) is 2.29. The molecule has 0 aliphatic carbocycles. The van der Waals surface area contributed by atoms with E-state index >= 15 is 0 Å². The predicted octanol–water partition coefficient (Wildman–Crippen LogP) is 0.425. The van der Waals surface area contributed by atoms with Gasteiger partial charge in [0.15, 0.2) is 0 Å². The van der Waals surface area contributed by atoms with Crippen LogP contribution < -0.4 is 0 Å². The Labute approximate surface area is 61.5 Å². The lowest BCUT2D eigenvalue weighted by Crippen LogP contribution is -2.17. The summed E-state index contributed by atoms with van der Waals surface area (Å²) in [4.78, 5) is 0. The maximum Gasteiger partial charge on any atom is 0.637 e. The van der Waals surface area contributed by atoms with Crippen molar-refractivity contribution < 1.29 is 14.3 Å². The lowest BCUT2D eigenvalue weighted by atomic mass is 10.1.